The molecular weight excluding hydrogens is 291 g/mol. The fourth-order valence-electron chi connectivity index (χ4n) is 2.05. The van der Waals surface area contributed by atoms with E-state index in [4.69, 9.17) is 0 Å². The molecule has 1 atom stereocenters. The molecule has 0 spiro atoms. The zero-order valence-electron chi connectivity index (χ0n) is 9.13. The monoisotopic (exact) mass is 300 g/mol. The number of ketones is 1. The van der Waals surface area contributed by atoms with Crippen molar-refractivity contribution in [3.8, 4) is 0 Å². The second-order valence-corrected chi connectivity index (χ2v) is 4.88. The molecule has 0 aliphatic heterocycles. The van der Waals surface area contributed by atoms with Gasteiger partial charge in [0.05, 0.1) is 13.0 Å². The van der Waals surface area contributed by atoms with E-state index in [2.05, 4.69) is 20.7 Å². The maximum atomic E-state index is 13.7. The Morgan fingerprint density at radius 3 is 2.82 bits per heavy atom. The maximum Gasteiger partial charge on any atom is 0.309 e. The third-order valence-electron chi connectivity index (χ3n) is 2.88. The number of hydrogen-bond acceptors (Lipinski definition) is 3. The molecule has 2 rings (SSSR count). The highest BCUT2D eigenvalue weighted by atomic mass is 79.9. The van der Waals surface area contributed by atoms with Crippen molar-refractivity contribution in [2.24, 2.45) is 5.92 Å². The molecule has 90 valence electrons. The first-order chi connectivity index (χ1) is 8.02. The summed E-state index contributed by atoms with van der Waals surface area (Å²) in [5, 5.41) is 0. The Labute approximate surface area is 106 Å². The number of hydrogen-bond donors (Lipinski definition) is 0. The van der Waals surface area contributed by atoms with Gasteiger partial charge in [0.2, 0.25) is 0 Å². The van der Waals surface area contributed by atoms with Crippen molar-refractivity contribution in [2.75, 3.05) is 7.11 Å². The van der Waals surface area contributed by atoms with Crippen LogP contribution in [-0.4, -0.2) is 18.9 Å². The van der Waals surface area contributed by atoms with Crippen LogP contribution in [-0.2, 0) is 16.0 Å². The van der Waals surface area contributed by atoms with Gasteiger partial charge in [-0.05, 0) is 24.1 Å². The quantitative estimate of drug-likeness (QED) is 0.749. The Morgan fingerprint density at radius 2 is 2.18 bits per heavy atom. The molecule has 0 heterocycles. The lowest BCUT2D eigenvalue weighted by Gasteiger charge is -2.22. The van der Waals surface area contributed by atoms with E-state index >= 15 is 0 Å². The zero-order chi connectivity index (χ0) is 12.6. The lowest BCUT2D eigenvalue weighted by atomic mass is 9.83. The van der Waals surface area contributed by atoms with Crippen LogP contribution >= 0.6 is 15.9 Å². The summed E-state index contributed by atoms with van der Waals surface area (Å²) in [7, 11) is 1.26. The Bertz CT molecular complexity index is 499. The van der Waals surface area contributed by atoms with Crippen molar-refractivity contribution in [2.45, 2.75) is 12.8 Å². The zero-order valence-corrected chi connectivity index (χ0v) is 10.7. The van der Waals surface area contributed by atoms with Crippen LogP contribution < -0.4 is 0 Å². The van der Waals surface area contributed by atoms with Crippen LogP contribution in [0.2, 0.25) is 0 Å². The molecule has 1 aromatic rings. The molecule has 0 amide bonds. The first-order valence-electron chi connectivity index (χ1n) is 5.12. The predicted octanol–water partition coefficient (Wildman–Crippen LogP) is 2.51. The highest BCUT2D eigenvalue weighted by Crippen LogP contribution is 2.30. The number of benzene rings is 1. The van der Waals surface area contributed by atoms with Gasteiger partial charge >= 0.3 is 5.97 Å². The summed E-state index contributed by atoms with van der Waals surface area (Å²) < 4.78 is 18.8. The van der Waals surface area contributed by atoms with Gasteiger partial charge in [0.1, 0.15) is 5.82 Å². The maximum absolute atomic E-state index is 13.7. The Balaban J connectivity index is 2.43. The van der Waals surface area contributed by atoms with Gasteiger partial charge < -0.3 is 4.74 Å². The van der Waals surface area contributed by atoms with Gasteiger partial charge in [0, 0.05) is 16.5 Å². The smallest absolute Gasteiger partial charge is 0.309 e. The van der Waals surface area contributed by atoms with Gasteiger partial charge in [-0.25, -0.2) is 4.39 Å². The number of rotatable bonds is 1. The second-order valence-electron chi connectivity index (χ2n) is 3.97. The normalized spacial score (nSPS) is 18.8. The summed E-state index contributed by atoms with van der Waals surface area (Å²) in [6.45, 7) is 0. The molecule has 17 heavy (non-hydrogen) atoms. The van der Waals surface area contributed by atoms with Gasteiger partial charge in [-0.15, -0.1) is 0 Å². The lowest BCUT2D eigenvalue weighted by Crippen LogP contribution is -2.28. The van der Waals surface area contributed by atoms with Crippen molar-refractivity contribution >= 4 is 27.7 Å². The van der Waals surface area contributed by atoms with Gasteiger partial charge in [0.15, 0.2) is 5.78 Å². The number of carbonyl (C=O) groups is 2. The molecule has 0 saturated carbocycles. The predicted molar refractivity (Wildman–Crippen MR) is 62.3 cm³/mol. The van der Waals surface area contributed by atoms with Crippen molar-refractivity contribution < 1.29 is 18.7 Å². The molecule has 1 aromatic carbocycles. The van der Waals surface area contributed by atoms with E-state index in [0.29, 0.717) is 15.6 Å². The summed E-state index contributed by atoms with van der Waals surface area (Å²) >= 11 is 3.14. The average Bonchev–Trinajstić information content (AvgIpc) is 2.29. The molecule has 0 aromatic heterocycles. The third-order valence-corrected chi connectivity index (χ3v) is 3.34. The first kappa shape index (κ1) is 12.2. The van der Waals surface area contributed by atoms with E-state index in [9.17, 15) is 14.0 Å². The number of methoxy groups -OCH3 is 1. The number of ether oxygens (including phenoxy) is 1. The van der Waals surface area contributed by atoms with Crippen LogP contribution in [0.3, 0.4) is 0 Å². The van der Waals surface area contributed by atoms with E-state index < -0.39 is 17.7 Å². The van der Waals surface area contributed by atoms with Crippen molar-refractivity contribution in [1.29, 1.82) is 0 Å². The van der Waals surface area contributed by atoms with Crippen molar-refractivity contribution in [1.82, 2.24) is 0 Å². The molecule has 0 fully saturated rings. The van der Waals surface area contributed by atoms with Crippen LogP contribution in [0.5, 0.6) is 0 Å². The highest BCUT2D eigenvalue weighted by molar-refractivity contribution is 9.10. The molecule has 0 N–H and O–H groups in total. The second kappa shape index (κ2) is 4.56. The number of esters is 1. The first-order valence-corrected chi connectivity index (χ1v) is 5.91. The molecule has 0 bridgehead atoms. The Hall–Kier alpha value is -1.23. The topological polar surface area (TPSA) is 43.4 Å². The number of Topliss-reactive ketones (excluding diaryl/α,β-unsaturated/α-hetero) is 1. The minimum Gasteiger partial charge on any atom is -0.469 e. The molecule has 3 nitrogen and oxygen atoms in total. The Kier molecular flexibility index (Phi) is 3.28. The van der Waals surface area contributed by atoms with E-state index in [1.807, 2.05) is 0 Å². The fraction of sp³-hybridized carbons (Fsp3) is 0.333. The summed E-state index contributed by atoms with van der Waals surface area (Å²) in [6.07, 6.45) is 0.294. The van der Waals surface area contributed by atoms with Gasteiger partial charge in [-0.3, -0.25) is 9.59 Å². The largest absolute Gasteiger partial charge is 0.469 e. The highest BCUT2D eigenvalue weighted by Gasteiger charge is 2.32. The molecule has 0 saturated heterocycles. The fourth-order valence-corrected chi connectivity index (χ4v) is 2.48. The van der Waals surface area contributed by atoms with E-state index in [1.54, 1.807) is 6.07 Å². The third kappa shape index (κ3) is 2.24. The van der Waals surface area contributed by atoms with Crippen LogP contribution in [0.4, 0.5) is 4.39 Å². The minimum atomic E-state index is -0.573. The molecule has 1 unspecified atom stereocenters. The van der Waals surface area contributed by atoms with Crippen LogP contribution in [0.1, 0.15) is 22.3 Å². The van der Waals surface area contributed by atoms with E-state index in [-0.39, 0.29) is 18.6 Å². The lowest BCUT2D eigenvalue weighted by molar-refractivity contribution is -0.145. The van der Waals surface area contributed by atoms with E-state index in [0.717, 1.165) is 0 Å². The van der Waals surface area contributed by atoms with Crippen LogP contribution in [0.25, 0.3) is 0 Å². The average molecular weight is 301 g/mol. The molecule has 1 aliphatic carbocycles. The van der Waals surface area contributed by atoms with E-state index in [1.165, 1.54) is 13.2 Å². The molecular formula is C12H10BrFO3. The number of carbonyl (C=O) groups excluding carboxylic acids is 2. The van der Waals surface area contributed by atoms with Crippen LogP contribution in [0.15, 0.2) is 16.6 Å². The van der Waals surface area contributed by atoms with Crippen molar-refractivity contribution in [3.05, 3.63) is 33.5 Å². The van der Waals surface area contributed by atoms with Crippen LogP contribution in [0, 0.1) is 11.7 Å². The van der Waals surface area contributed by atoms with Crippen molar-refractivity contribution in [3.63, 3.8) is 0 Å². The standard InChI is InChI=1S/C12H10BrFO3/c1-17-12(16)6-2-8-9(11(15)3-6)4-7(13)5-10(8)14/h4-6H,2-3H2,1H3. The SMILES string of the molecule is COC(=O)C1CC(=O)c2cc(Br)cc(F)c2C1. The minimum absolute atomic E-state index is 0.0789. The summed E-state index contributed by atoms with van der Waals surface area (Å²) in [5.41, 5.74) is 0.664. The van der Waals surface area contributed by atoms with Gasteiger partial charge in [-0.2, -0.15) is 0 Å². The molecule has 5 heteroatoms. The van der Waals surface area contributed by atoms with Gasteiger partial charge in [0.25, 0.3) is 0 Å². The summed E-state index contributed by atoms with van der Waals surface area (Å²) in [6, 6.07) is 2.89. The Morgan fingerprint density at radius 1 is 1.47 bits per heavy atom. The molecule has 0 radical (unpaired) electrons. The summed E-state index contributed by atoms with van der Waals surface area (Å²) in [5.74, 6) is -1.72. The van der Waals surface area contributed by atoms with Gasteiger partial charge in [-0.1, -0.05) is 15.9 Å². The number of fused-ring (bicyclic) bond motifs is 1. The molecule has 1 aliphatic rings. The summed E-state index contributed by atoms with van der Waals surface area (Å²) in [4.78, 5) is 23.2. The number of halogens is 2.